The van der Waals surface area contributed by atoms with Crippen LogP contribution in [0.3, 0.4) is 0 Å². The van der Waals surface area contributed by atoms with Crippen LogP contribution in [0.5, 0.6) is 0 Å². The van der Waals surface area contributed by atoms with Crippen LogP contribution < -0.4 is 0 Å². The summed E-state index contributed by atoms with van der Waals surface area (Å²) in [5.41, 5.74) is 1.06. The third-order valence-electron chi connectivity index (χ3n) is 3.33. The van der Waals surface area contributed by atoms with E-state index in [0.29, 0.717) is 25.3 Å². The maximum atomic E-state index is 12.1. The summed E-state index contributed by atoms with van der Waals surface area (Å²) >= 11 is 3.39. The summed E-state index contributed by atoms with van der Waals surface area (Å²) in [7, 11) is 0. The van der Waals surface area contributed by atoms with Crippen LogP contribution in [0.1, 0.15) is 38.2 Å². The number of carbonyl (C=O) groups excluding carboxylic acids is 2. The standard InChI is InChI=1S/C15H18BrNO2/c1-10(2)9-17-14(18)7-12(8-15(17)19)11-3-5-13(16)6-4-11/h3-6,10,12H,7-9H2,1-2H3. The molecule has 0 aliphatic carbocycles. The van der Waals surface area contributed by atoms with Crippen LogP contribution in [0.25, 0.3) is 0 Å². The van der Waals surface area contributed by atoms with Crippen LogP contribution in [0, 0.1) is 5.92 Å². The minimum atomic E-state index is -0.0436. The van der Waals surface area contributed by atoms with Gasteiger partial charge in [-0.05, 0) is 23.6 Å². The van der Waals surface area contributed by atoms with E-state index < -0.39 is 0 Å². The number of carbonyl (C=O) groups is 2. The van der Waals surface area contributed by atoms with Crippen molar-refractivity contribution in [3.05, 3.63) is 34.3 Å². The molecule has 0 aromatic heterocycles. The molecule has 4 heteroatoms. The highest BCUT2D eigenvalue weighted by molar-refractivity contribution is 9.10. The number of hydrogen-bond donors (Lipinski definition) is 0. The lowest BCUT2D eigenvalue weighted by Gasteiger charge is -2.31. The Kier molecular flexibility index (Phi) is 4.40. The SMILES string of the molecule is CC(C)CN1C(=O)CC(c2ccc(Br)cc2)CC1=O. The summed E-state index contributed by atoms with van der Waals surface area (Å²) in [5.74, 6) is 0.254. The average molecular weight is 324 g/mol. The second-order valence-corrected chi connectivity index (χ2v) is 6.36. The second kappa shape index (κ2) is 5.87. The van der Waals surface area contributed by atoms with E-state index in [9.17, 15) is 9.59 Å². The van der Waals surface area contributed by atoms with Crippen LogP contribution in [-0.2, 0) is 9.59 Å². The van der Waals surface area contributed by atoms with Gasteiger partial charge in [0.15, 0.2) is 0 Å². The highest BCUT2D eigenvalue weighted by atomic mass is 79.9. The van der Waals surface area contributed by atoms with Gasteiger partial charge in [0.05, 0.1) is 0 Å². The minimum Gasteiger partial charge on any atom is -0.282 e. The fourth-order valence-electron chi connectivity index (χ4n) is 2.39. The molecule has 1 aromatic carbocycles. The quantitative estimate of drug-likeness (QED) is 0.800. The van der Waals surface area contributed by atoms with Crippen LogP contribution in [0.15, 0.2) is 28.7 Å². The summed E-state index contributed by atoms with van der Waals surface area (Å²) in [4.78, 5) is 25.6. The average Bonchev–Trinajstić information content (AvgIpc) is 2.34. The molecule has 2 rings (SSSR count). The van der Waals surface area contributed by atoms with Crippen molar-refractivity contribution in [1.82, 2.24) is 4.90 Å². The van der Waals surface area contributed by atoms with Gasteiger partial charge in [-0.25, -0.2) is 0 Å². The molecular formula is C15H18BrNO2. The first-order chi connectivity index (χ1) is 8.97. The first kappa shape index (κ1) is 14.3. The number of amides is 2. The van der Waals surface area contributed by atoms with Gasteiger partial charge in [-0.15, -0.1) is 0 Å². The summed E-state index contributed by atoms with van der Waals surface area (Å²) in [6.07, 6.45) is 0.861. The zero-order valence-electron chi connectivity index (χ0n) is 11.2. The van der Waals surface area contributed by atoms with E-state index in [1.165, 1.54) is 4.90 Å². The summed E-state index contributed by atoms with van der Waals surface area (Å²) in [6, 6.07) is 7.86. The van der Waals surface area contributed by atoms with Gasteiger partial charge < -0.3 is 0 Å². The van der Waals surface area contributed by atoms with Crippen molar-refractivity contribution in [2.75, 3.05) is 6.54 Å². The summed E-state index contributed by atoms with van der Waals surface area (Å²) in [5, 5.41) is 0. The molecule has 1 aromatic rings. The first-order valence-electron chi connectivity index (χ1n) is 6.56. The Balaban J connectivity index is 2.11. The largest absolute Gasteiger partial charge is 0.282 e. The number of nitrogens with zero attached hydrogens (tertiary/aromatic N) is 1. The van der Waals surface area contributed by atoms with Gasteiger partial charge >= 0.3 is 0 Å². The van der Waals surface area contributed by atoms with Gasteiger partial charge in [0.25, 0.3) is 0 Å². The number of piperidine rings is 1. The molecule has 1 fully saturated rings. The van der Waals surface area contributed by atoms with Crippen molar-refractivity contribution in [3.8, 4) is 0 Å². The molecule has 1 heterocycles. The maximum Gasteiger partial charge on any atom is 0.229 e. The fraction of sp³-hybridized carbons (Fsp3) is 0.467. The normalized spacial score (nSPS) is 17.4. The van der Waals surface area contributed by atoms with E-state index in [-0.39, 0.29) is 17.7 Å². The minimum absolute atomic E-state index is 0.0245. The van der Waals surface area contributed by atoms with Gasteiger partial charge in [-0.3, -0.25) is 14.5 Å². The topological polar surface area (TPSA) is 37.4 Å². The molecule has 1 aliphatic rings. The lowest BCUT2D eigenvalue weighted by molar-refractivity contribution is -0.149. The predicted molar refractivity (Wildman–Crippen MR) is 77.7 cm³/mol. The Morgan fingerprint density at radius 2 is 1.68 bits per heavy atom. The van der Waals surface area contributed by atoms with Gasteiger partial charge in [0.1, 0.15) is 0 Å². The van der Waals surface area contributed by atoms with Gasteiger partial charge in [-0.2, -0.15) is 0 Å². The molecule has 0 atom stereocenters. The molecule has 0 unspecified atom stereocenters. The molecule has 102 valence electrons. The Morgan fingerprint density at radius 1 is 1.16 bits per heavy atom. The van der Waals surface area contributed by atoms with Gasteiger partial charge in [0, 0.05) is 29.8 Å². The molecule has 1 saturated heterocycles. The van der Waals surface area contributed by atoms with E-state index in [4.69, 9.17) is 0 Å². The molecule has 19 heavy (non-hydrogen) atoms. The molecule has 1 aliphatic heterocycles. The smallest absolute Gasteiger partial charge is 0.229 e. The Labute approximate surface area is 122 Å². The van der Waals surface area contributed by atoms with Crippen LogP contribution in [-0.4, -0.2) is 23.3 Å². The van der Waals surface area contributed by atoms with Crippen molar-refractivity contribution in [3.63, 3.8) is 0 Å². The van der Waals surface area contributed by atoms with E-state index in [1.54, 1.807) is 0 Å². The Hall–Kier alpha value is -1.16. The van der Waals surface area contributed by atoms with E-state index in [2.05, 4.69) is 15.9 Å². The fourth-order valence-corrected chi connectivity index (χ4v) is 2.66. The van der Waals surface area contributed by atoms with Crippen molar-refractivity contribution >= 4 is 27.7 Å². The van der Waals surface area contributed by atoms with Crippen molar-refractivity contribution < 1.29 is 9.59 Å². The van der Waals surface area contributed by atoms with E-state index in [1.807, 2.05) is 38.1 Å². The molecule has 0 radical (unpaired) electrons. The van der Waals surface area contributed by atoms with Gasteiger partial charge in [0.2, 0.25) is 11.8 Å². The number of imide groups is 1. The summed E-state index contributed by atoms with van der Waals surface area (Å²) < 4.78 is 1.01. The number of rotatable bonds is 3. The lowest BCUT2D eigenvalue weighted by atomic mass is 9.88. The molecule has 3 nitrogen and oxygen atoms in total. The van der Waals surface area contributed by atoms with Crippen molar-refractivity contribution in [2.24, 2.45) is 5.92 Å². The maximum absolute atomic E-state index is 12.1. The lowest BCUT2D eigenvalue weighted by Crippen LogP contribution is -2.44. The van der Waals surface area contributed by atoms with E-state index >= 15 is 0 Å². The molecule has 0 bridgehead atoms. The Bertz CT molecular complexity index is 463. The first-order valence-corrected chi connectivity index (χ1v) is 7.35. The third kappa shape index (κ3) is 3.44. The number of hydrogen-bond acceptors (Lipinski definition) is 2. The van der Waals surface area contributed by atoms with Crippen LogP contribution in [0.2, 0.25) is 0 Å². The number of benzene rings is 1. The number of likely N-dealkylation sites (tertiary alicyclic amines) is 1. The van der Waals surface area contributed by atoms with Crippen LogP contribution in [0.4, 0.5) is 0 Å². The highest BCUT2D eigenvalue weighted by Gasteiger charge is 2.33. The Morgan fingerprint density at radius 3 is 2.16 bits per heavy atom. The molecule has 0 N–H and O–H groups in total. The highest BCUT2D eigenvalue weighted by Crippen LogP contribution is 2.30. The molecular weight excluding hydrogens is 306 g/mol. The third-order valence-corrected chi connectivity index (χ3v) is 3.86. The molecule has 2 amide bonds. The second-order valence-electron chi connectivity index (χ2n) is 5.45. The van der Waals surface area contributed by atoms with Crippen molar-refractivity contribution in [1.29, 1.82) is 0 Å². The number of halogens is 1. The zero-order chi connectivity index (χ0) is 14.0. The zero-order valence-corrected chi connectivity index (χ0v) is 12.8. The molecule has 0 saturated carbocycles. The van der Waals surface area contributed by atoms with Gasteiger partial charge in [-0.1, -0.05) is 41.9 Å². The predicted octanol–water partition coefficient (Wildman–Crippen LogP) is 3.34. The summed E-state index contributed by atoms with van der Waals surface area (Å²) in [6.45, 7) is 4.56. The van der Waals surface area contributed by atoms with Crippen LogP contribution >= 0.6 is 15.9 Å². The monoisotopic (exact) mass is 323 g/mol. The van der Waals surface area contributed by atoms with Crippen molar-refractivity contribution in [2.45, 2.75) is 32.6 Å². The van der Waals surface area contributed by atoms with E-state index in [0.717, 1.165) is 10.0 Å². The molecule has 0 spiro atoms.